The van der Waals surface area contributed by atoms with E-state index < -0.39 is 10.8 Å². The molecule has 1 aliphatic rings. The summed E-state index contributed by atoms with van der Waals surface area (Å²) >= 11 is 0. The van der Waals surface area contributed by atoms with Gasteiger partial charge in [0.25, 0.3) is 5.91 Å². The first-order valence-electron chi connectivity index (χ1n) is 10.7. The zero-order valence-corrected chi connectivity index (χ0v) is 18.8. The summed E-state index contributed by atoms with van der Waals surface area (Å²) in [5.74, 6) is 0.0965. The smallest absolute Gasteiger partial charge is 0.252 e. The van der Waals surface area contributed by atoms with Gasteiger partial charge in [0.15, 0.2) is 0 Å². The Morgan fingerprint density at radius 3 is 2.31 bits per heavy atom. The van der Waals surface area contributed by atoms with E-state index in [1.54, 1.807) is 36.5 Å². The van der Waals surface area contributed by atoms with Gasteiger partial charge >= 0.3 is 0 Å². The molecule has 12 heteroatoms. The predicted molar refractivity (Wildman–Crippen MR) is 137 cm³/mol. The summed E-state index contributed by atoms with van der Waals surface area (Å²) in [5.41, 5.74) is 3.55. The van der Waals surface area contributed by atoms with Crippen LogP contribution in [0.15, 0.2) is 60.8 Å². The lowest BCUT2D eigenvalue weighted by atomic mass is 9.57. The molecular formula is C23H18B4N6O2. The number of hydrogen-bond donors (Lipinski definition) is 2. The molecule has 0 atom stereocenters. The molecule has 1 fully saturated rings. The Morgan fingerprint density at radius 2 is 1.69 bits per heavy atom. The highest BCUT2D eigenvalue weighted by Gasteiger charge is 2.36. The third-order valence-corrected chi connectivity index (χ3v) is 5.17. The molecule has 2 aromatic carbocycles. The molecular weight excluding hydrogens is 436 g/mol. The zero-order chi connectivity index (χ0) is 25.1. The van der Waals surface area contributed by atoms with E-state index in [1.165, 1.54) is 0 Å². The lowest BCUT2D eigenvalue weighted by Gasteiger charge is -2.50. The summed E-state index contributed by atoms with van der Waals surface area (Å²) in [7, 11) is 23.6. The van der Waals surface area contributed by atoms with Crippen molar-refractivity contribution < 1.29 is 9.53 Å². The number of aromatic nitrogens is 2. The minimum absolute atomic E-state index is 0.0451. The highest BCUT2D eigenvalue weighted by molar-refractivity contribution is 6.43. The summed E-state index contributed by atoms with van der Waals surface area (Å²) < 4.78 is 5.31. The van der Waals surface area contributed by atoms with Gasteiger partial charge in [0.05, 0.1) is 11.8 Å². The summed E-state index contributed by atoms with van der Waals surface area (Å²) in [6, 6.07) is 18.0. The molecule has 1 saturated heterocycles. The number of nitriles is 1. The number of hydrogen-bond acceptors (Lipinski definition) is 7. The van der Waals surface area contributed by atoms with Gasteiger partial charge in [-0.05, 0) is 42.5 Å². The average Bonchev–Trinajstić information content (AvgIpc) is 2.81. The molecule has 0 unspecified atom stereocenters. The van der Waals surface area contributed by atoms with Crippen molar-refractivity contribution in [2.24, 2.45) is 0 Å². The van der Waals surface area contributed by atoms with Crippen molar-refractivity contribution in [3.8, 4) is 17.3 Å². The molecule has 1 aromatic heterocycles. The van der Waals surface area contributed by atoms with E-state index in [4.69, 9.17) is 41.4 Å². The number of benzene rings is 2. The van der Waals surface area contributed by atoms with Crippen LogP contribution in [0.5, 0.6) is 0 Å². The number of nitrogens with one attached hydrogen (secondary N) is 2. The molecule has 164 valence electrons. The Hall–Kier alpha value is -3.70. The van der Waals surface area contributed by atoms with Gasteiger partial charge in [-0.25, -0.2) is 9.97 Å². The predicted octanol–water partition coefficient (Wildman–Crippen LogP) is 0.959. The second-order valence-corrected chi connectivity index (χ2v) is 8.22. The number of nitrogens with zero attached hydrogens (tertiary/aromatic N) is 4. The van der Waals surface area contributed by atoms with E-state index in [0.29, 0.717) is 17.2 Å². The first-order chi connectivity index (χ1) is 16.6. The fraction of sp³-hybridized carbons (Fsp3) is 0.217. The van der Waals surface area contributed by atoms with Gasteiger partial charge < -0.3 is 20.3 Å². The monoisotopic (exact) mass is 454 g/mol. The fourth-order valence-corrected chi connectivity index (χ4v) is 3.73. The van der Waals surface area contributed by atoms with Crippen LogP contribution in [0.2, 0.25) is 0 Å². The van der Waals surface area contributed by atoms with Gasteiger partial charge in [-0.15, -0.1) is 0 Å². The molecule has 3 aromatic rings. The summed E-state index contributed by atoms with van der Waals surface area (Å²) in [6.07, 6.45) is 1.64. The second kappa shape index (κ2) is 9.88. The molecule has 1 amide bonds. The van der Waals surface area contributed by atoms with Crippen LogP contribution in [0, 0.1) is 11.3 Å². The average molecular weight is 454 g/mol. The quantitative estimate of drug-likeness (QED) is 0.423. The van der Waals surface area contributed by atoms with Crippen LogP contribution in [-0.4, -0.2) is 77.7 Å². The lowest BCUT2D eigenvalue weighted by molar-refractivity contribution is 0.0113. The van der Waals surface area contributed by atoms with Crippen LogP contribution in [0.4, 0.5) is 17.3 Å². The fourth-order valence-electron chi connectivity index (χ4n) is 3.73. The number of amides is 1. The molecule has 8 nitrogen and oxygen atoms in total. The number of anilines is 3. The Kier molecular flexibility index (Phi) is 6.90. The topological polar surface area (TPSA) is 103 Å². The van der Waals surface area contributed by atoms with Crippen molar-refractivity contribution in [3.05, 3.63) is 66.4 Å². The van der Waals surface area contributed by atoms with Gasteiger partial charge in [0.2, 0.25) is 5.95 Å². The highest BCUT2D eigenvalue weighted by Crippen LogP contribution is 2.28. The molecule has 2 heterocycles. The van der Waals surface area contributed by atoms with E-state index in [0.717, 1.165) is 16.9 Å². The third kappa shape index (κ3) is 6.25. The molecule has 0 spiro atoms. The van der Waals surface area contributed by atoms with E-state index in [9.17, 15) is 4.79 Å². The van der Waals surface area contributed by atoms with Crippen molar-refractivity contribution in [2.75, 3.05) is 29.9 Å². The molecule has 4 rings (SSSR count). The first kappa shape index (κ1) is 24.4. The Labute approximate surface area is 209 Å². The van der Waals surface area contributed by atoms with Crippen LogP contribution in [0.3, 0.4) is 0 Å². The lowest BCUT2D eigenvalue weighted by Crippen LogP contribution is -2.63. The largest absolute Gasteiger partial charge is 0.403 e. The maximum Gasteiger partial charge on any atom is 0.252 e. The van der Waals surface area contributed by atoms with Gasteiger partial charge in [-0.3, -0.25) is 4.79 Å². The maximum absolute atomic E-state index is 12.0. The standard InChI is InChI=1S/C23H18B4N6O2/c24-22(25)13-33(14-23(26,27)35-22)18-7-5-17(6-8-18)31-21-30-11-9-19(32-21)15-1-3-16(4-2-15)20(34)29-12-10-28/h1-9,11H,12-14H2,(H,29,34)(H,30,31,32). The van der Waals surface area contributed by atoms with Crippen molar-refractivity contribution >= 4 is 54.6 Å². The van der Waals surface area contributed by atoms with E-state index >= 15 is 0 Å². The Bertz CT molecular complexity index is 1230. The molecule has 8 radical (unpaired) electrons. The van der Waals surface area contributed by atoms with E-state index in [1.807, 2.05) is 35.2 Å². The molecule has 2 N–H and O–H groups in total. The molecule has 0 bridgehead atoms. The van der Waals surface area contributed by atoms with Crippen molar-refractivity contribution in [2.45, 2.75) is 10.8 Å². The van der Waals surface area contributed by atoms with Crippen LogP contribution in [0.25, 0.3) is 11.3 Å². The third-order valence-electron chi connectivity index (χ3n) is 5.17. The zero-order valence-electron chi connectivity index (χ0n) is 18.8. The van der Waals surface area contributed by atoms with Crippen molar-refractivity contribution in [1.82, 2.24) is 15.3 Å². The number of carbonyl (C=O) groups excluding carboxylic acids is 1. The van der Waals surface area contributed by atoms with Gasteiger partial charge in [0.1, 0.15) is 37.9 Å². The normalized spacial score (nSPS) is 16.1. The van der Waals surface area contributed by atoms with Crippen molar-refractivity contribution in [3.63, 3.8) is 0 Å². The second-order valence-electron chi connectivity index (χ2n) is 8.22. The van der Waals surface area contributed by atoms with Crippen LogP contribution in [0.1, 0.15) is 10.4 Å². The first-order valence-corrected chi connectivity index (χ1v) is 10.7. The molecule has 35 heavy (non-hydrogen) atoms. The number of morpholine rings is 1. The SMILES string of the molecule is [B]C1([B])CN(c2ccc(Nc3nccc(-c4ccc(C(=O)NCC#N)cc4)n3)cc2)CC([B])([B])O1. The summed E-state index contributed by atoms with van der Waals surface area (Å²) in [6.45, 7) is 0.399. The van der Waals surface area contributed by atoms with Gasteiger partial charge in [-0.1, -0.05) is 12.1 Å². The summed E-state index contributed by atoms with van der Waals surface area (Å²) in [4.78, 5) is 22.7. The number of carbonyl (C=O) groups is 1. The highest BCUT2D eigenvalue weighted by atomic mass is 16.5. The van der Waals surface area contributed by atoms with E-state index in [-0.39, 0.29) is 25.5 Å². The molecule has 0 aliphatic carbocycles. The minimum atomic E-state index is -1.47. The number of rotatable bonds is 6. The maximum atomic E-state index is 12.0. The minimum Gasteiger partial charge on any atom is -0.403 e. The van der Waals surface area contributed by atoms with Crippen LogP contribution >= 0.6 is 0 Å². The molecule has 0 saturated carbocycles. The summed E-state index contributed by atoms with van der Waals surface area (Å²) in [5, 5.41) is 11.3. The van der Waals surface area contributed by atoms with Crippen molar-refractivity contribution in [1.29, 1.82) is 5.26 Å². The Balaban J connectivity index is 1.44. The molecule has 1 aliphatic heterocycles. The Morgan fingerprint density at radius 1 is 1.03 bits per heavy atom. The van der Waals surface area contributed by atoms with Gasteiger partial charge in [-0.2, -0.15) is 5.26 Å². The van der Waals surface area contributed by atoms with E-state index in [2.05, 4.69) is 20.6 Å². The van der Waals surface area contributed by atoms with Crippen LogP contribution in [-0.2, 0) is 4.74 Å². The van der Waals surface area contributed by atoms with Crippen LogP contribution < -0.4 is 15.5 Å². The number of ether oxygens (including phenoxy) is 1. The van der Waals surface area contributed by atoms with Gasteiger partial charge in [0, 0.05) is 52.6 Å².